The Hall–Kier alpha value is -1.24. The molecule has 6 heteroatoms. The summed E-state index contributed by atoms with van der Waals surface area (Å²) in [5.74, 6) is -0.459. The van der Waals surface area contributed by atoms with Crippen LogP contribution in [0.1, 0.15) is 17.4 Å². The molecule has 1 atom stereocenters. The van der Waals surface area contributed by atoms with Gasteiger partial charge in [0.1, 0.15) is 11.4 Å². The summed E-state index contributed by atoms with van der Waals surface area (Å²) >= 11 is 0. The molecule has 0 aliphatic carbocycles. The molecule has 1 aromatic heterocycles. The average Bonchev–Trinajstić information content (AvgIpc) is 2.31. The van der Waals surface area contributed by atoms with E-state index in [1.165, 1.54) is 0 Å². The molecule has 0 aliphatic heterocycles. The van der Waals surface area contributed by atoms with Crippen molar-refractivity contribution in [1.29, 1.82) is 0 Å². The van der Waals surface area contributed by atoms with Crippen LogP contribution in [0.5, 0.6) is 0 Å². The van der Waals surface area contributed by atoms with Crippen LogP contribution in [0, 0.1) is 0 Å². The highest BCUT2D eigenvalue weighted by molar-refractivity contribution is 6.46. The maximum Gasteiger partial charge on any atom is 0.363 e. The summed E-state index contributed by atoms with van der Waals surface area (Å²) < 4.78 is 15.4. The summed E-state index contributed by atoms with van der Waals surface area (Å²) in [7, 11) is 1.16. The number of carbonyl (C=O) groups excluding carboxylic acids is 1. The lowest BCUT2D eigenvalue weighted by Crippen LogP contribution is -2.36. The summed E-state index contributed by atoms with van der Waals surface area (Å²) in [6.45, 7) is 1.75. The minimum absolute atomic E-state index is 0.286. The van der Waals surface area contributed by atoms with Crippen LogP contribution < -0.4 is 0 Å². The largest absolute Gasteiger partial charge is 0.456 e. The molecule has 0 saturated carbocycles. The van der Waals surface area contributed by atoms with Gasteiger partial charge in [-0.25, -0.2) is 9.78 Å². The lowest BCUT2D eigenvalue weighted by molar-refractivity contribution is 0.0389. The fourth-order valence-corrected chi connectivity index (χ4v) is 2.44. The molecule has 1 heterocycles. The van der Waals surface area contributed by atoms with Gasteiger partial charge in [-0.3, -0.25) is 0 Å². The SMILES string of the molecule is CO[SiH](OC)C(C)OC(=O)c1ccccn1. The standard InChI is InChI=1S/C10H15NO4Si/c1-8(16(13-2)14-3)15-10(12)9-6-4-5-7-11-9/h4-8,16H,1-3H3. The van der Waals surface area contributed by atoms with Gasteiger partial charge in [0.2, 0.25) is 0 Å². The molecule has 88 valence electrons. The van der Waals surface area contributed by atoms with Crippen molar-refractivity contribution >= 4 is 15.3 Å². The van der Waals surface area contributed by atoms with Gasteiger partial charge in [0.15, 0.2) is 0 Å². The van der Waals surface area contributed by atoms with E-state index >= 15 is 0 Å². The Morgan fingerprint density at radius 2 is 2.06 bits per heavy atom. The predicted octanol–water partition coefficient (Wildman–Crippen LogP) is 0.679. The molecule has 0 saturated heterocycles. The number of hydrogen-bond acceptors (Lipinski definition) is 5. The van der Waals surface area contributed by atoms with E-state index in [1.807, 2.05) is 0 Å². The third-order valence-electron chi connectivity index (χ3n) is 2.01. The van der Waals surface area contributed by atoms with Crippen LogP contribution in [0.3, 0.4) is 0 Å². The van der Waals surface area contributed by atoms with E-state index in [2.05, 4.69) is 4.98 Å². The predicted molar refractivity (Wildman–Crippen MR) is 60.3 cm³/mol. The van der Waals surface area contributed by atoms with Crippen molar-refractivity contribution in [2.75, 3.05) is 14.2 Å². The fraction of sp³-hybridized carbons (Fsp3) is 0.400. The maximum atomic E-state index is 11.6. The van der Waals surface area contributed by atoms with Gasteiger partial charge >= 0.3 is 15.3 Å². The zero-order valence-corrected chi connectivity index (χ0v) is 10.7. The molecule has 0 spiro atoms. The minimum atomic E-state index is -1.94. The normalized spacial score (nSPS) is 12.5. The quantitative estimate of drug-likeness (QED) is 0.560. The molecule has 1 unspecified atom stereocenters. The van der Waals surface area contributed by atoms with Crippen LogP contribution in [0.25, 0.3) is 0 Å². The van der Waals surface area contributed by atoms with Crippen molar-refractivity contribution in [2.45, 2.75) is 12.7 Å². The number of carbonyl (C=O) groups is 1. The Labute approximate surface area is 96.2 Å². The highest BCUT2D eigenvalue weighted by atomic mass is 28.3. The van der Waals surface area contributed by atoms with Crippen LogP contribution in [0.15, 0.2) is 24.4 Å². The molecule has 0 aromatic carbocycles. The summed E-state index contributed by atoms with van der Waals surface area (Å²) in [6.07, 6.45) is 1.54. The van der Waals surface area contributed by atoms with E-state index in [1.54, 1.807) is 45.5 Å². The van der Waals surface area contributed by atoms with Crippen LogP contribution in [-0.2, 0) is 13.6 Å². The lowest BCUT2D eigenvalue weighted by Gasteiger charge is -2.18. The van der Waals surface area contributed by atoms with Crippen molar-refractivity contribution in [3.63, 3.8) is 0 Å². The van der Waals surface area contributed by atoms with Crippen LogP contribution >= 0.6 is 0 Å². The first-order chi connectivity index (χ1) is 7.69. The molecule has 0 amide bonds. The summed E-state index contributed by atoms with van der Waals surface area (Å²) in [6, 6.07) is 5.07. The molecule has 1 rings (SSSR count). The van der Waals surface area contributed by atoms with Gasteiger partial charge in [0, 0.05) is 20.4 Å². The monoisotopic (exact) mass is 241 g/mol. The molecule has 16 heavy (non-hydrogen) atoms. The van der Waals surface area contributed by atoms with Gasteiger partial charge in [-0.1, -0.05) is 6.07 Å². The van der Waals surface area contributed by atoms with Gasteiger partial charge in [0.05, 0.1) is 0 Å². The Balaban J connectivity index is 2.58. The van der Waals surface area contributed by atoms with Crippen molar-refractivity contribution in [2.24, 2.45) is 0 Å². The zero-order chi connectivity index (χ0) is 12.0. The third kappa shape index (κ3) is 3.40. The number of hydrogen-bond donors (Lipinski definition) is 0. The maximum absolute atomic E-state index is 11.6. The third-order valence-corrected chi connectivity index (χ3v) is 3.85. The first-order valence-electron chi connectivity index (χ1n) is 4.86. The second-order valence-electron chi connectivity index (χ2n) is 3.17. The highest BCUT2D eigenvalue weighted by Gasteiger charge is 2.24. The van der Waals surface area contributed by atoms with E-state index in [9.17, 15) is 4.79 Å². The summed E-state index contributed by atoms with van der Waals surface area (Å²) in [5, 5.41) is 0. The number of aromatic nitrogens is 1. The zero-order valence-electron chi connectivity index (χ0n) is 9.54. The van der Waals surface area contributed by atoms with E-state index in [0.29, 0.717) is 0 Å². The van der Waals surface area contributed by atoms with Crippen molar-refractivity contribution in [3.8, 4) is 0 Å². The van der Waals surface area contributed by atoms with Crippen LogP contribution in [-0.4, -0.2) is 40.2 Å². The van der Waals surface area contributed by atoms with Crippen LogP contribution in [0.4, 0.5) is 0 Å². The molecular weight excluding hydrogens is 226 g/mol. The van der Waals surface area contributed by atoms with Crippen molar-refractivity contribution < 1.29 is 18.4 Å². The average molecular weight is 241 g/mol. The van der Waals surface area contributed by atoms with Crippen molar-refractivity contribution in [1.82, 2.24) is 4.98 Å². The van der Waals surface area contributed by atoms with Crippen molar-refractivity contribution in [3.05, 3.63) is 30.1 Å². The lowest BCUT2D eigenvalue weighted by atomic mass is 10.4. The van der Waals surface area contributed by atoms with E-state index in [-0.39, 0.29) is 11.4 Å². The summed E-state index contributed by atoms with van der Waals surface area (Å²) in [5.41, 5.74) is -0.0705. The smallest absolute Gasteiger partial charge is 0.363 e. The topological polar surface area (TPSA) is 57.7 Å². The fourth-order valence-electron chi connectivity index (χ4n) is 1.25. The number of ether oxygens (including phenoxy) is 1. The Kier molecular flexibility index (Phi) is 5.10. The van der Waals surface area contributed by atoms with Crippen LogP contribution in [0.2, 0.25) is 0 Å². The van der Waals surface area contributed by atoms with Gasteiger partial charge < -0.3 is 13.6 Å². The second kappa shape index (κ2) is 6.36. The highest BCUT2D eigenvalue weighted by Crippen LogP contribution is 2.04. The molecule has 0 N–H and O–H groups in total. The number of nitrogens with zero attached hydrogens (tertiary/aromatic N) is 1. The molecule has 0 fully saturated rings. The molecule has 0 radical (unpaired) electrons. The first kappa shape index (κ1) is 12.8. The molecule has 0 aliphatic rings. The van der Waals surface area contributed by atoms with E-state index in [0.717, 1.165) is 0 Å². The Morgan fingerprint density at radius 3 is 2.56 bits per heavy atom. The Bertz CT molecular complexity index is 329. The van der Waals surface area contributed by atoms with Gasteiger partial charge in [-0.15, -0.1) is 0 Å². The number of esters is 1. The minimum Gasteiger partial charge on any atom is -0.456 e. The molecular formula is C10H15NO4Si. The Morgan fingerprint density at radius 1 is 1.38 bits per heavy atom. The number of rotatable bonds is 5. The molecule has 0 bridgehead atoms. The van der Waals surface area contributed by atoms with Gasteiger partial charge in [0.25, 0.3) is 0 Å². The number of pyridine rings is 1. The second-order valence-corrected chi connectivity index (χ2v) is 5.78. The molecule has 5 nitrogen and oxygen atoms in total. The van der Waals surface area contributed by atoms with E-state index in [4.69, 9.17) is 13.6 Å². The van der Waals surface area contributed by atoms with Gasteiger partial charge in [-0.05, 0) is 19.1 Å². The van der Waals surface area contributed by atoms with Gasteiger partial charge in [-0.2, -0.15) is 0 Å². The first-order valence-corrected chi connectivity index (χ1v) is 6.47. The van der Waals surface area contributed by atoms with E-state index < -0.39 is 15.3 Å². The summed E-state index contributed by atoms with van der Waals surface area (Å²) in [4.78, 5) is 15.5. The molecule has 1 aromatic rings.